The van der Waals surface area contributed by atoms with Crippen LogP contribution < -0.4 is 0 Å². The first-order valence-corrected chi connectivity index (χ1v) is 4.40. The molecule has 0 aliphatic carbocycles. The molecule has 1 N–H and O–H groups in total. The number of nitro groups is 1. The molecule has 1 unspecified atom stereocenters. The van der Waals surface area contributed by atoms with Gasteiger partial charge in [-0.05, 0) is 18.3 Å². The fourth-order valence-electron chi connectivity index (χ4n) is 1.42. The minimum absolute atomic E-state index is 0.271. The Kier molecular flexibility index (Phi) is 3.03. The van der Waals surface area contributed by atoms with Crippen LogP contribution >= 0.6 is 0 Å². The van der Waals surface area contributed by atoms with Crippen LogP contribution in [0, 0.1) is 17.0 Å². The Morgan fingerprint density at radius 3 is 2.80 bits per heavy atom. The lowest BCUT2D eigenvalue weighted by Crippen LogP contribution is -2.20. The molecule has 0 fully saturated rings. The Bertz CT molecular complexity index is 399. The van der Waals surface area contributed by atoms with Crippen LogP contribution in [0.1, 0.15) is 25.1 Å². The number of carboxylic acids is 1. The summed E-state index contributed by atoms with van der Waals surface area (Å²) in [5, 5.41) is 19.5. The first-order chi connectivity index (χ1) is 6.99. The van der Waals surface area contributed by atoms with Gasteiger partial charge < -0.3 is 15.2 Å². The van der Waals surface area contributed by atoms with Crippen LogP contribution in [0.15, 0.2) is 6.20 Å². The van der Waals surface area contributed by atoms with Crippen LogP contribution in [0.3, 0.4) is 0 Å². The van der Waals surface area contributed by atoms with E-state index in [0.29, 0.717) is 5.69 Å². The first kappa shape index (κ1) is 11.2. The predicted octanol–water partition coefficient (Wildman–Crippen LogP) is 1.14. The highest BCUT2D eigenvalue weighted by molar-refractivity contribution is 5.72. The normalized spacial score (nSPS) is 12.4. The summed E-state index contributed by atoms with van der Waals surface area (Å²) in [7, 11) is 0. The largest absolute Gasteiger partial charge is 0.479 e. The highest BCUT2D eigenvalue weighted by Gasteiger charge is 2.29. The molecule has 1 atom stereocenters. The second-order valence-corrected chi connectivity index (χ2v) is 3.09. The van der Waals surface area contributed by atoms with Crippen molar-refractivity contribution in [3.8, 4) is 0 Å². The number of carboxylic acid groups (broad SMARTS) is 1. The highest BCUT2D eigenvalue weighted by Crippen LogP contribution is 2.22. The number of aromatic nitrogens is 2. The molecular formula is C8H11N3O4. The van der Waals surface area contributed by atoms with Crippen LogP contribution in [0.2, 0.25) is 0 Å². The Morgan fingerprint density at radius 2 is 2.40 bits per heavy atom. The van der Waals surface area contributed by atoms with Gasteiger partial charge >= 0.3 is 11.9 Å². The van der Waals surface area contributed by atoms with Crippen molar-refractivity contribution in [1.29, 1.82) is 0 Å². The fourth-order valence-corrected chi connectivity index (χ4v) is 1.42. The third-order valence-electron chi connectivity index (χ3n) is 2.11. The SMILES string of the molecule is CCC(C(=O)O)n1c(C)cnc1[N+](=O)[O-]. The number of rotatable bonds is 4. The molecule has 0 bridgehead atoms. The third-order valence-corrected chi connectivity index (χ3v) is 2.11. The van der Waals surface area contributed by atoms with E-state index in [9.17, 15) is 14.9 Å². The van der Waals surface area contributed by atoms with Crippen molar-refractivity contribution in [1.82, 2.24) is 9.55 Å². The Balaban J connectivity index is 3.26. The van der Waals surface area contributed by atoms with E-state index in [1.54, 1.807) is 13.8 Å². The molecule has 7 heteroatoms. The summed E-state index contributed by atoms with van der Waals surface area (Å²) in [6, 6.07) is -0.937. The zero-order valence-electron chi connectivity index (χ0n) is 8.38. The average Bonchev–Trinajstić information content (AvgIpc) is 2.49. The molecule has 0 aromatic carbocycles. The third kappa shape index (κ3) is 1.95. The smallest absolute Gasteiger partial charge is 0.435 e. The lowest BCUT2D eigenvalue weighted by atomic mass is 10.2. The van der Waals surface area contributed by atoms with Gasteiger partial charge in [-0.15, -0.1) is 0 Å². The van der Waals surface area contributed by atoms with E-state index < -0.39 is 22.9 Å². The molecule has 1 aromatic rings. The number of hydrogen-bond acceptors (Lipinski definition) is 4. The van der Waals surface area contributed by atoms with Gasteiger partial charge in [-0.2, -0.15) is 0 Å². The Morgan fingerprint density at radius 1 is 1.80 bits per heavy atom. The van der Waals surface area contributed by atoms with Crippen molar-refractivity contribution in [3.63, 3.8) is 0 Å². The van der Waals surface area contributed by atoms with Crippen molar-refractivity contribution in [3.05, 3.63) is 22.0 Å². The zero-order valence-corrected chi connectivity index (χ0v) is 8.38. The van der Waals surface area contributed by atoms with Gasteiger partial charge in [0, 0.05) is 0 Å². The average molecular weight is 213 g/mol. The molecule has 1 heterocycles. The zero-order chi connectivity index (χ0) is 11.6. The molecule has 1 aromatic heterocycles. The molecule has 1 rings (SSSR count). The van der Waals surface area contributed by atoms with E-state index >= 15 is 0 Å². The number of hydrogen-bond donors (Lipinski definition) is 1. The van der Waals surface area contributed by atoms with Gasteiger partial charge in [0.2, 0.25) is 0 Å². The topological polar surface area (TPSA) is 98.3 Å². The monoisotopic (exact) mass is 213 g/mol. The summed E-state index contributed by atoms with van der Waals surface area (Å²) in [4.78, 5) is 24.4. The summed E-state index contributed by atoms with van der Waals surface area (Å²) in [5.74, 6) is -1.52. The number of aliphatic carboxylic acids is 1. The quantitative estimate of drug-likeness (QED) is 0.597. The maximum atomic E-state index is 10.9. The van der Waals surface area contributed by atoms with Gasteiger partial charge in [0.05, 0.1) is 0 Å². The van der Waals surface area contributed by atoms with Crippen molar-refractivity contribution < 1.29 is 14.8 Å². The van der Waals surface area contributed by atoms with Gasteiger partial charge in [0.25, 0.3) is 0 Å². The van der Waals surface area contributed by atoms with E-state index in [0.717, 1.165) is 4.57 Å². The van der Waals surface area contributed by atoms with Crippen LogP contribution in [0.25, 0.3) is 0 Å². The van der Waals surface area contributed by atoms with Gasteiger partial charge in [-0.3, -0.25) is 0 Å². The van der Waals surface area contributed by atoms with Crippen molar-refractivity contribution >= 4 is 11.9 Å². The fraction of sp³-hybridized carbons (Fsp3) is 0.500. The molecule has 0 saturated heterocycles. The van der Waals surface area contributed by atoms with Gasteiger partial charge in [0.1, 0.15) is 11.9 Å². The van der Waals surface area contributed by atoms with Crippen LogP contribution in [-0.4, -0.2) is 25.6 Å². The predicted molar refractivity (Wildman–Crippen MR) is 50.6 cm³/mol. The van der Waals surface area contributed by atoms with Gasteiger partial charge in [0.15, 0.2) is 6.04 Å². The van der Waals surface area contributed by atoms with E-state index in [2.05, 4.69) is 4.98 Å². The number of nitrogens with zero attached hydrogens (tertiary/aromatic N) is 3. The number of imidazole rings is 1. The molecule has 0 radical (unpaired) electrons. The molecule has 15 heavy (non-hydrogen) atoms. The summed E-state index contributed by atoms with van der Waals surface area (Å²) in [5.41, 5.74) is 0.468. The highest BCUT2D eigenvalue weighted by atomic mass is 16.6. The minimum Gasteiger partial charge on any atom is -0.479 e. The van der Waals surface area contributed by atoms with Crippen molar-refractivity contribution in [2.24, 2.45) is 0 Å². The Hall–Kier alpha value is -1.92. The summed E-state index contributed by atoms with van der Waals surface area (Å²) in [6.45, 7) is 3.24. The van der Waals surface area contributed by atoms with E-state index in [1.165, 1.54) is 6.20 Å². The maximum absolute atomic E-state index is 10.9. The summed E-state index contributed by atoms with van der Waals surface area (Å²) in [6.07, 6.45) is 1.57. The molecule has 0 spiro atoms. The first-order valence-electron chi connectivity index (χ1n) is 4.40. The van der Waals surface area contributed by atoms with Crippen LogP contribution in [0.4, 0.5) is 5.95 Å². The number of aryl methyl sites for hydroxylation is 1. The molecule has 0 aliphatic heterocycles. The van der Waals surface area contributed by atoms with E-state index in [-0.39, 0.29) is 6.42 Å². The van der Waals surface area contributed by atoms with E-state index in [4.69, 9.17) is 5.11 Å². The maximum Gasteiger partial charge on any atom is 0.435 e. The Labute approximate surface area is 85.5 Å². The van der Waals surface area contributed by atoms with Crippen LogP contribution in [0.5, 0.6) is 0 Å². The van der Waals surface area contributed by atoms with Crippen LogP contribution in [-0.2, 0) is 4.79 Å². The molecule has 0 saturated carbocycles. The molecule has 0 amide bonds. The summed E-state index contributed by atoms with van der Waals surface area (Å²) >= 11 is 0. The second kappa shape index (κ2) is 4.07. The standard InChI is InChI=1S/C8H11N3O4/c1-3-6(7(12)13)10-5(2)4-9-8(10)11(14)15/h4,6H,3H2,1-2H3,(H,12,13). The lowest BCUT2D eigenvalue weighted by Gasteiger charge is -2.10. The number of carbonyl (C=O) groups is 1. The molecule has 7 nitrogen and oxygen atoms in total. The molecular weight excluding hydrogens is 202 g/mol. The second-order valence-electron chi connectivity index (χ2n) is 3.09. The van der Waals surface area contributed by atoms with Gasteiger partial charge in [-0.1, -0.05) is 11.9 Å². The molecule has 0 aliphatic rings. The summed E-state index contributed by atoms with van der Waals surface area (Å²) < 4.78 is 1.13. The van der Waals surface area contributed by atoms with Gasteiger partial charge in [-0.25, -0.2) is 9.36 Å². The van der Waals surface area contributed by atoms with Crippen molar-refractivity contribution in [2.75, 3.05) is 0 Å². The lowest BCUT2D eigenvalue weighted by molar-refractivity contribution is -0.397. The van der Waals surface area contributed by atoms with Crippen molar-refractivity contribution in [2.45, 2.75) is 26.3 Å². The van der Waals surface area contributed by atoms with E-state index in [1.807, 2.05) is 0 Å². The minimum atomic E-state index is -1.10. The molecule has 82 valence electrons.